The second kappa shape index (κ2) is 5.45. The molecule has 0 spiro atoms. The van der Waals surface area contributed by atoms with Crippen molar-refractivity contribution in [3.05, 3.63) is 64.0 Å². The first kappa shape index (κ1) is 14.3. The molecule has 0 fully saturated rings. The van der Waals surface area contributed by atoms with Gasteiger partial charge in [0, 0.05) is 5.56 Å². The van der Waals surface area contributed by atoms with Crippen LogP contribution in [0.5, 0.6) is 5.75 Å². The SMILES string of the molecule is COc1cc(C)cc(C)c1C(=O)c1cc(F)ccc1C. The highest BCUT2D eigenvalue weighted by Gasteiger charge is 2.19. The zero-order chi connectivity index (χ0) is 14.9. The fraction of sp³-hybridized carbons (Fsp3) is 0.235. The Morgan fingerprint density at radius 2 is 1.75 bits per heavy atom. The average Bonchev–Trinajstić information content (AvgIpc) is 2.40. The second-order valence-corrected chi connectivity index (χ2v) is 4.95. The molecular weight excluding hydrogens is 255 g/mol. The minimum Gasteiger partial charge on any atom is -0.496 e. The maximum atomic E-state index is 13.4. The minimum atomic E-state index is -0.414. The Hall–Kier alpha value is -2.16. The monoisotopic (exact) mass is 272 g/mol. The Morgan fingerprint density at radius 1 is 1.05 bits per heavy atom. The van der Waals surface area contributed by atoms with Gasteiger partial charge in [-0.3, -0.25) is 4.79 Å². The molecule has 0 aliphatic rings. The largest absolute Gasteiger partial charge is 0.496 e. The molecule has 0 radical (unpaired) electrons. The van der Waals surface area contributed by atoms with Gasteiger partial charge in [0.25, 0.3) is 0 Å². The van der Waals surface area contributed by atoms with Gasteiger partial charge in [0.2, 0.25) is 0 Å². The maximum absolute atomic E-state index is 13.4. The van der Waals surface area contributed by atoms with Gasteiger partial charge in [-0.05, 0) is 55.7 Å². The van der Waals surface area contributed by atoms with Crippen molar-refractivity contribution in [3.63, 3.8) is 0 Å². The molecular formula is C17H17FO2. The Labute approximate surface area is 118 Å². The van der Waals surface area contributed by atoms with E-state index < -0.39 is 5.82 Å². The first-order valence-corrected chi connectivity index (χ1v) is 6.40. The van der Waals surface area contributed by atoms with Crippen LogP contribution < -0.4 is 4.74 Å². The van der Waals surface area contributed by atoms with E-state index >= 15 is 0 Å². The van der Waals surface area contributed by atoms with Crippen LogP contribution in [0.2, 0.25) is 0 Å². The fourth-order valence-electron chi connectivity index (χ4n) is 2.35. The summed E-state index contributed by atoms with van der Waals surface area (Å²) in [6, 6.07) is 7.97. The van der Waals surface area contributed by atoms with E-state index in [1.165, 1.54) is 19.2 Å². The van der Waals surface area contributed by atoms with Crippen LogP contribution in [0, 0.1) is 26.6 Å². The van der Waals surface area contributed by atoms with Gasteiger partial charge in [-0.25, -0.2) is 4.39 Å². The summed E-state index contributed by atoms with van der Waals surface area (Å²) >= 11 is 0. The highest BCUT2D eigenvalue weighted by Crippen LogP contribution is 2.28. The van der Waals surface area contributed by atoms with Crippen molar-refractivity contribution < 1.29 is 13.9 Å². The summed E-state index contributed by atoms with van der Waals surface area (Å²) < 4.78 is 18.7. The highest BCUT2D eigenvalue weighted by atomic mass is 19.1. The Kier molecular flexibility index (Phi) is 3.89. The van der Waals surface area contributed by atoms with Crippen LogP contribution >= 0.6 is 0 Å². The number of methoxy groups -OCH3 is 1. The first-order valence-electron chi connectivity index (χ1n) is 6.40. The molecule has 0 unspecified atom stereocenters. The van der Waals surface area contributed by atoms with Crippen LogP contribution in [-0.4, -0.2) is 12.9 Å². The number of rotatable bonds is 3. The summed E-state index contributed by atoms with van der Waals surface area (Å²) in [7, 11) is 1.53. The van der Waals surface area contributed by atoms with E-state index in [1.54, 1.807) is 13.0 Å². The summed E-state index contributed by atoms with van der Waals surface area (Å²) in [5.41, 5.74) is 3.46. The molecule has 0 saturated carbocycles. The molecule has 0 N–H and O–H groups in total. The molecule has 2 aromatic carbocycles. The van der Waals surface area contributed by atoms with Gasteiger partial charge in [-0.1, -0.05) is 12.1 Å². The fourth-order valence-corrected chi connectivity index (χ4v) is 2.35. The molecule has 0 aliphatic heterocycles. The molecule has 2 nitrogen and oxygen atoms in total. The molecule has 0 bridgehead atoms. The highest BCUT2D eigenvalue weighted by molar-refractivity contribution is 6.12. The number of aryl methyl sites for hydroxylation is 3. The molecule has 0 aliphatic carbocycles. The molecule has 0 atom stereocenters. The van der Waals surface area contributed by atoms with Gasteiger partial charge in [0.15, 0.2) is 5.78 Å². The smallest absolute Gasteiger partial charge is 0.197 e. The van der Waals surface area contributed by atoms with Crippen molar-refractivity contribution in [2.45, 2.75) is 20.8 Å². The molecule has 104 valence electrons. The predicted octanol–water partition coefficient (Wildman–Crippen LogP) is 3.99. The lowest BCUT2D eigenvalue weighted by atomic mass is 9.94. The van der Waals surface area contributed by atoms with E-state index in [0.717, 1.165) is 16.7 Å². The third-order valence-corrected chi connectivity index (χ3v) is 3.33. The van der Waals surface area contributed by atoms with Crippen molar-refractivity contribution in [2.75, 3.05) is 7.11 Å². The third kappa shape index (κ3) is 2.57. The Bertz CT molecular complexity index is 675. The van der Waals surface area contributed by atoms with Crippen LogP contribution in [0.25, 0.3) is 0 Å². The molecule has 0 saturated heterocycles. The first-order chi connectivity index (χ1) is 9.43. The number of ketones is 1. The molecule has 2 aromatic rings. The number of hydrogen-bond donors (Lipinski definition) is 0. The standard InChI is InChI=1S/C17H17FO2/c1-10-7-12(3)16(15(8-10)20-4)17(19)14-9-13(18)6-5-11(14)2/h5-9H,1-4H3. The number of ether oxygens (including phenoxy) is 1. The second-order valence-electron chi connectivity index (χ2n) is 4.95. The van der Waals surface area contributed by atoms with Crippen LogP contribution in [-0.2, 0) is 0 Å². The summed E-state index contributed by atoms with van der Waals surface area (Å²) in [5.74, 6) is -0.102. The summed E-state index contributed by atoms with van der Waals surface area (Å²) in [6.45, 7) is 5.59. The van der Waals surface area contributed by atoms with E-state index in [9.17, 15) is 9.18 Å². The van der Waals surface area contributed by atoms with Crippen molar-refractivity contribution in [2.24, 2.45) is 0 Å². The van der Waals surface area contributed by atoms with Gasteiger partial charge in [-0.2, -0.15) is 0 Å². The topological polar surface area (TPSA) is 26.3 Å². The van der Waals surface area contributed by atoms with E-state index in [2.05, 4.69) is 0 Å². The van der Waals surface area contributed by atoms with Crippen LogP contribution in [0.4, 0.5) is 4.39 Å². The normalized spacial score (nSPS) is 10.4. The minimum absolute atomic E-state index is 0.212. The van der Waals surface area contributed by atoms with Gasteiger partial charge in [0.05, 0.1) is 12.7 Å². The molecule has 20 heavy (non-hydrogen) atoms. The van der Waals surface area contributed by atoms with Crippen molar-refractivity contribution >= 4 is 5.78 Å². The van der Waals surface area contributed by atoms with Crippen LogP contribution in [0.15, 0.2) is 30.3 Å². The predicted molar refractivity (Wildman–Crippen MR) is 77.0 cm³/mol. The van der Waals surface area contributed by atoms with E-state index in [-0.39, 0.29) is 5.78 Å². The lowest BCUT2D eigenvalue weighted by Gasteiger charge is -2.13. The lowest BCUT2D eigenvalue weighted by Crippen LogP contribution is -2.09. The summed E-state index contributed by atoms with van der Waals surface area (Å²) in [6.07, 6.45) is 0. The third-order valence-electron chi connectivity index (χ3n) is 3.33. The van der Waals surface area contributed by atoms with E-state index in [4.69, 9.17) is 4.74 Å². The average molecular weight is 272 g/mol. The van der Waals surface area contributed by atoms with Gasteiger partial charge < -0.3 is 4.74 Å². The summed E-state index contributed by atoms with van der Waals surface area (Å²) in [5, 5.41) is 0. The summed E-state index contributed by atoms with van der Waals surface area (Å²) in [4.78, 5) is 12.7. The quantitative estimate of drug-likeness (QED) is 0.790. The van der Waals surface area contributed by atoms with Gasteiger partial charge in [0.1, 0.15) is 11.6 Å². The Morgan fingerprint density at radius 3 is 2.40 bits per heavy atom. The van der Waals surface area contributed by atoms with Crippen LogP contribution in [0.3, 0.4) is 0 Å². The zero-order valence-corrected chi connectivity index (χ0v) is 12.1. The molecule has 0 heterocycles. The van der Waals surface area contributed by atoms with E-state index in [0.29, 0.717) is 16.9 Å². The molecule has 0 aromatic heterocycles. The number of carbonyl (C=O) groups is 1. The molecule has 3 heteroatoms. The van der Waals surface area contributed by atoms with Crippen molar-refractivity contribution in [1.29, 1.82) is 0 Å². The Balaban J connectivity index is 2.62. The number of hydrogen-bond acceptors (Lipinski definition) is 2. The van der Waals surface area contributed by atoms with Crippen molar-refractivity contribution in [3.8, 4) is 5.75 Å². The molecule has 2 rings (SSSR count). The molecule has 0 amide bonds. The maximum Gasteiger partial charge on any atom is 0.197 e. The van der Waals surface area contributed by atoms with Crippen LogP contribution in [0.1, 0.15) is 32.6 Å². The van der Waals surface area contributed by atoms with E-state index in [1.807, 2.05) is 26.0 Å². The lowest BCUT2D eigenvalue weighted by molar-refractivity contribution is 0.103. The van der Waals surface area contributed by atoms with Gasteiger partial charge >= 0.3 is 0 Å². The number of carbonyl (C=O) groups excluding carboxylic acids is 1. The number of halogens is 1. The van der Waals surface area contributed by atoms with Gasteiger partial charge in [-0.15, -0.1) is 0 Å². The zero-order valence-electron chi connectivity index (χ0n) is 12.1. The van der Waals surface area contributed by atoms with Crippen molar-refractivity contribution in [1.82, 2.24) is 0 Å². The number of benzene rings is 2.